The minimum absolute atomic E-state index is 0.609. The van der Waals surface area contributed by atoms with Gasteiger partial charge < -0.3 is 5.32 Å². The van der Waals surface area contributed by atoms with Crippen LogP contribution in [-0.4, -0.2) is 28.3 Å². The number of nitrogens with one attached hydrogen (secondary N) is 1. The van der Waals surface area contributed by atoms with Crippen molar-refractivity contribution < 1.29 is 0 Å². The molecule has 0 radical (unpaired) electrons. The van der Waals surface area contributed by atoms with Gasteiger partial charge in [0, 0.05) is 29.7 Å². The molecule has 0 saturated carbocycles. The normalized spacial score (nSPS) is 12.7. The molecule has 0 aliphatic rings. The fraction of sp³-hybridized carbons (Fsp3) is 0.714. The predicted octanol–water partition coefficient (Wildman–Crippen LogP) is 3.27. The number of nitrogens with zero attached hydrogens (tertiary/aromatic N) is 2. The molecule has 1 unspecified atom stereocenters. The molecule has 0 spiro atoms. The molecule has 18 heavy (non-hydrogen) atoms. The molecule has 0 saturated heterocycles. The average Bonchev–Trinajstić information content (AvgIpc) is 2.32. The van der Waals surface area contributed by atoms with Crippen molar-refractivity contribution in [3.05, 3.63) is 17.0 Å². The van der Waals surface area contributed by atoms with Gasteiger partial charge in [-0.25, -0.2) is 9.97 Å². The fourth-order valence-electron chi connectivity index (χ4n) is 1.79. The highest BCUT2D eigenvalue weighted by Crippen LogP contribution is 2.16. The summed E-state index contributed by atoms with van der Waals surface area (Å²) in [5, 5.41) is 4.42. The Morgan fingerprint density at radius 2 is 1.78 bits per heavy atom. The van der Waals surface area contributed by atoms with Crippen molar-refractivity contribution in [1.82, 2.24) is 15.3 Å². The maximum absolute atomic E-state index is 4.51. The zero-order valence-electron chi connectivity index (χ0n) is 12.2. The van der Waals surface area contributed by atoms with Crippen molar-refractivity contribution >= 4 is 11.8 Å². The third kappa shape index (κ3) is 4.94. The van der Waals surface area contributed by atoms with Gasteiger partial charge in [-0.1, -0.05) is 25.1 Å². The van der Waals surface area contributed by atoms with Crippen molar-refractivity contribution in [3.63, 3.8) is 0 Å². The molecule has 0 aliphatic heterocycles. The van der Waals surface area contributed by atoms with E-state index in [9.17, 15) is 0 Å². The lowest BCUT2D eigenvalue weighted by Gasteiger charge is -2.12. The summed E-state index contributed by atoms with van der Waals surface area (Å²) in [4.78, 5) is 9.02. The predicted molar refractivity (Wildman–Crippen MR) is 79.3 cm³/mol. The van der Waals surface area contributed by atoms with Crippen LogP contribution in [0.25, 0.3) is 0 Å². The first kappa shape index (κ1) is 15.4. The Morgan fingerprint density at radius 1 is 1.17 bits per heavy atom. The topological polar surface area (TPSA) is 37.8 Å². The fourth-order valence-corrected chi connectivity index (χ4v) is 2.59. The van der Waals surface area contributed by atoms with Gasteiger partial charge in [-0.3, -0.25) is 0 Å². The van der Waals surface area contributed by atoms with Crippen LogP contribution in [0.1, 0.15) is 43.6 Å². The third-order valence-corrected chi connectivity index (χ3v) is 4.01. The Bertz CT molecular complexity index is 356. The van der Waals surface area contributed by atoms with Crippen molar-refractivity contribution in [2.75, 3.05) is 12.3 Å². The Balaban J connectivity index is 2.36. The molecule has 1 heterocycles. The Labute approximate surface area is 115 Å². The minimum Gasteiger partial charge on any atom is -0.313 e. The first-order chi connectivity index (χ1) is 8.54. The van der Waals surface area contributed by atoms with Gasteiger partial charge in [-0.05, 0) is 39.7 Å². The largest absolute Gasteiger partial charge is 0.313 e. The molecule has 0 bridgehead atoms. The van der Waals surface area contributed by atoms with E-state index in [1.807, 2.05) is 0 Å². The van der Waals surface area contributed by atoms with Crippen LogP contribution in [0, 0.1) is 20.8 Å². The lowest BCUT2D eigenvalue weighted by Crippen LogP contribution is -2.27. The number of thioether (sulfide) groups is 1. The van der Waals surface area contributed by atoms with Crippen molar-refractivity contribution in [1.29, 1.82) is 0 Å². The second-order valence-electron chi connectivity index (χ2n) is 4.79. The molecular weight excluding hydrogens is 242 g/mol. The van der Waals surface area contributed by atoms with Crippen LogP contribution < -0.4 is 5.32 Å². The molecule has 1 aromatic heterocycles. The molecule has 1 aromatic rings. The SMILES string of the molecule is CCCC(C)NCCSc1nc(C)c(C)c(C)n1. The molecule has 3 nitrogen and oxygen atoms in total. The lowest BCUT2D eigenvalue weighted by atomic mass is 10.2. The van der Waals surface area contributed by atoms with Crippen LogP contribution in [0.15, 0.2) is 5.16 Å². The molecule has 102 valence electrons. The molecule has 1 atom stereocenters. The van der Waals surface area contributed by atoms with E-state index in [0.29, 0.717) is 6.04 Å². The molecule has 1 rings (SSSR count). The maximum Gasteiger partial charge on any atom is 0.188 e. The average molecular weight is 267 g/mol. The van der Waals surface area contributed by atoms with E-state index in [2.05, 4.69) is 49.9 Å². The van der Waals surface area contributed by atoms with Gasteiger partial charge in [0.15, 0.2) is 5.16 Å². The van der Waals surface area contributed by atoms with Crippen LogP contribution in [-0.2, 0) is 0 Å². The van der Waals surface area contributed by atoms with Crippen LogP contribution in [0.4, 0.5) is 0 Å². The summed E-state index contributed by atoms with van der Waals surface area (Å²) in [6, 6.07) is 0.609. The number of hydrogen-bond donors (Lipinski definition) is 1. The Hall–Kier alpha value is -0.610. The number of aryl methyl sites for hydroxylation is 2. The van der Waals surface area contributed by atoms with Gasteiger partial charge in [-0.2, -0.15) is 0 Å². The summed E-state index contributed by atoms with van der Waals surface area (Å²) in [6.45, 7) is 11.7. The number of hydrogen-bond acceptors (Lipinski definition) is 4. The summed E-state index contributed by atoms with van der Waals surface area (Å²) in [5.74, 6) is 1.02. The third-order valence-electron chi connectivity index (χ3n) is 3.16. The van der Waals surface area contributed by atoms with E-state index in [0.717, 1.165) is 28.8 Å². The highest BCUT2D eigenvalue weighted by molar-refractivity contribution is 7.99. The summed E-state index contributed by atoms with van der Waals surface area (Å²) >= 11 is 1.73. The molecule has 0 aliphatic carbocycles. The van der Waals surface area contributed by atoms with Crippen molar-refractivity contribution in [2.45, 2.75) is 58.7 Å². The number of rotatable bonds is 7. The first-order valence-electron chi connectivity index (χ1n) is 6.72. The monoisotopic (exact) mass is 267 g/mol. The zero-order chi connectivity index (χ0) is 13.5. The van der Waals surface area contributed by atoms with E-state index in [4.69, 9.17) is 0 Å². The van der Waals surface area contributed by atoms with E-state index in [1.54, 1.807) is 11.8 Å². The summed E-state index contributed by atoms with van der Waals surface area (Å²) in [7, 11) is 0. The van der Waals surface area contributed by atoms with Crippen molar-refractivity contribution in [3.8, 4) is 0 Å². The molecule has 1 N–H and O–H groups in total. The summed E-state index contributed by atoms with van der Waals surface area (Å²) in [6.07, 6.45) is 2.48. The molecule has 4 heteroatoms. The number of aromatic nitrogens is 2. The van der Waals surface area contributed by atoms with E-state index in [1.165, 1.54) is 18.4 Å². The molecular formula is C14H25N3S. The van der Waals surface area contributed by atoms with Crippen molar-refractivity contribution in [2.24, 2.45) is 0 Å². The second-order valence-corrected chi connectivity index (χ2v) is 5.86. The van der Waals surface area contributed by atoms with E-state index >= 15 is 0 Å². The van der Waals surface area contributed by atoms with E-state index in [-0.39, 0.29) is 0 Å². The van der Waals surface area contributed by atoms with Gasteiger partial charge in [0.2, 0.25) is 0 Å². The van der Waals surface area contributed by atoms with Gasteiger partial charge >= 0.3 is 0 Å². The standard InChI is InChI=1S/C14H25N3S/c1-6-7-10(2)15-8-9-18-14-16-12(4)11(3)13(5)17-14/h10,15H,6-9H2,1-5H3. The molecule has 0 fully saturated rings. The van der Waals surface area contributed by atoms with Crippen LogP contribution in [0.5, 0.6) is 0 Å². The van der Waals surface area contributed by atoms with Gasteiger partial charge in [0.25, 0.3) is 0 Å². The first-order valence-corrected chi connectivity index (χ1v) is 7.71. The van der Waals surface area contributed by atoms with Gasteiger partial charge in [-0.15, -0.1) is 0 Å². The second kappa shape index (κ2) is 7.74. The zero-order valence-corrected chi connectivity index (χ0v) is 13.0. The van der Waals surface area contributed by atoms with Crippen LogP contribution in [0.3, 0.4) is 0 Å². The minimum atomic E-state index is 0.609. The summed E-state index contributed by atoms with van der Waals surface area (Å²) in [5.41, 5.74) is 3.39. The smallest absolute Gasteiger partial charge is 0.188 e. The quantitative estimate of drug-likeness (QED) is 0.467. The Kier molecular flexibility index (Phi) is 6.65. The van der Waals surface area contributed by atoms with Crippen LogP contribution >= 0.6 is 11.8 Å². The molecule has 0 amide bonds. The van der Waals surface area contributed by atoms with Gasteiger partial charge in [0.1, 0.15) is 0 Å². The van der Waals surface area contributed by atoms with Gasteiger partial charge in [0.05, 0.1) is 0 Å². The Morgan fingerprint density at radius 3 is 2.33 bits per heavy atom. The maximum atomic E-state index is 4.51. The molecule has 0 aromatic carbocycles. The highest BCUT2D eigenvalue weighted by atomic mass is 32.2. The highest BCUT2D eigenvalue weighted by Gasteiger charge is 2.05. The lowest BCUT2D eigenvalue weighted by molar-refractivity contribution is 0.526. The van der Waals surface area contributed by atoms with Crippen LogP contribution in [0.2, 0.25) is 0 Å². The van der Waals surface area contributed by atoms with E-state index < -0.39 is 0 Å². The summed E-state index contributed by atoms with van der Waals surface area (Å²) < 4.78 is 0.